The zero-order chi connectivity index (χ0) is 24.3. The van der Waals surface area contributed by atoms with E-state index in [1.54, 1.807) is 6.07 Å². The van der Waals surface area contributed by atoms with Gasteiger partial charge in [-0.2, -0.15) is 0 Å². The highest BCUT2D eigenvalue weighted by Crippen LogP contribution is 2.19. The van der Waals surface area contributed by atoms with Crippen LogP contribution in [0.25, 0.3) is 0 Å². The largest absolute Gasteiger partial charge is 0.465 e. The van der Waals surface area contributed by atoms with Crippen molar-refractivity contribution in [2.45, 2.75) is 20.5 Å². The molecule has 0 atom stereocenters. The molecule has 0 saturated heterocycles. The zero-order valence-corrected chi connectivity index (χ0v) is 18.1. The lowest BCUT2D eigenvalue weighted by molar-refractivity contribution is -0.115. The summed E-state index contributed by atoms with van der Waals surface area (Å²) in [6.45, 7) is 2.50. The quantitative estimate of drug-likeness (QED) is 0.453. The second kappa shape index (κ2) is 12.6. The van der Waals surface area contributed by atoms with Crippen molar-refractivity contribution in [3.63, 3.8) is 0 Å². The minimum Gasteiger partial charge on any atom is -0.465 e. The molecule has 3 N–H and O–H groups in total. The van der Waals surface area contributed by atoms with Crippen LogP contribution in [0, 0.1) is 0 Å². The maximum absolute atomic E-state index is 11.4. The van der Waals surface area contributed by atoms with Crippen molar-refractivity contribution in [3.8, 4) is 0 Å². The highest BCUT2D eigenvalue weighted by atomic mass is 16.5. The molecule has 2 amide bonds. The number of methoxy groups -OCH3 is 2. The Kier molecular flexibility index (Phi) is 10.2. The van der Waals surface area contributed by atoms with Crippen molar-refractivity contribution in [1.82, 2.24) is 0 Å². The van der Waals surface area contributed by atoms with E-state index in [1.165, 1.54) is 58.4 Å². The fourth-order valence-electron chi connectivity index (χ4n) is 2.49. The van der Waals surface area contributed by atoms with E-state index in [0.717, 1.165) is 0 Å². The molecular weight excluding hydrogens is 420 g/mol. The van der Waals surface area contributed by atoms with Gasteiger partial charge in [0.05, 0.1) is 43.3 Å². The van der Waals surface area contributed by atoms with Crippen LogP contribution < -0.4 is 10.6 Å². The number of aldehydes is 1. The van der Waals surface area contributed by atoms with E-state index in [1.807, 2.05) is 0 Å². The van der Waals surface area contributed by atoms with Crippen molar-refractivity contribution >= 4 is 41.4 Å². The number of nitrogens with one attached hydrogen (secondary N) is 2. The molecule has 0 aromatic heterocycles. The SMILES string of the molecule is COC(=O)c1ccc(C=O)cc1NC(C)=O.COC(=O)c1ccc(CO)cc1NC(C)=O. The first-order valence-electron chi connectivity index (χ1n) is 9.21. The minimum absolute atomic E-state index is 0.159. The van der Waals surface area contributed by atoms with Gasteiger partial charge in [0.15, 0.2) is 0 Å². The number of ether oxygens (including phenoxy) is 2. The van der Waals surface area contributed by atoms with Gasteiger partial charge in [0.2, 0.25) is 11.8 Å². The lowest BCUT2D eigenvalue weighted by Gasteiger charge is -2.09. The molecule has 170 valence electrons. The highest BCUT2D eigenvalue weighted by molar-refractivity contribution is 6.02. The van der Waals surface area contributed by atoms with Gasteiger partial charge in [0, 0.05) is 19.4 Å². The summed E-state index contributed by atoms with van der Waals surface area (Å²) in [5, 5.41) is 13.9. The summed E-state index contributed by atoms with van der Waals surface area (Å²) in [4.78, 5) is 55.2. The number of anilines is 2. The van der Waals surface area contributed by atoms with E-state index >= 15 is 0 Å². The van der Waals surface area contributed by atoms with E-state index in [4.69, 9.17) is 5.11 Å². The Labute approximate surface area is 184 Å². The van der Waals surface area contributed by atoms with Crippen LogP contribution in [0.15, 0.2) is 36.4 Å². The van der Waals surface area contributed by atoms with Crippen LogP contribution in [0.5, 0.6) is 0 Å². The summed E-state index contributed by atoms with van der Waals surface area (Å²) in [7, 11) is 2.51. The number of benzene rings is 2. The second-order valence-electron chi connectivity index (χ2n) is 6.31. The molecular formula is C22H24N2O8. The van der Waals surface area contributed by atoms with Crippen LogP contribution in [0.2, 0.25) is 0 Å². The number of carbonyl (C=O) groups is 5. The molecule has 0 unspecified atom stereocenters. The van der Waals surface area contributed by atoms with Crippen molar-refractivity contribution < 1.29 is 38.6 Å². The second-order valence-corrected chi connectivity index (χ2v) is 6.31. The number of hydrogen-bond donors (Lipinski definition) is 3. The van der Waals surface area contributed by atoms with Gasteiger partial charge in [-0.05, 0) is 29.8 Å². The lowest BCUT2D eigenvalue weighted by Crippen LogP contribution is -2.12. The summed E-state index contributed by atoms with van der Waals surface area (Å²) in [5.74, 6) is -1.72. The molecule has 0 spiro atoms. The maximum atomic E-state index is 11.4. The van der Waals surface area contributed by atoms with Crippen molar-refractivity contribution in [2.75, 3.05) is 24.9 Å². The van der Waals surface area contributed by atoms with Crippen LogP contribution in [0.3, 0.4) is 0 Å². The Balaban J connectivity index is 0.000000320. The summed E-state index contributed by atoms with van der Waals surface area (Å²) in [6.07, 6.45) is 0.631. The monoisotopic (exact) mass is 444 g/mol. The van der Waals surface area contributed by atoms with Crippen molar-refractivity contribution in [3.05, 3.63) is 58.7 Å². The molecule has 0 aliphatic rings. The smallest absolute Gasteiger partial charge is 0.339 e. The number of aliphatic hydroxyl groups is 1. The molecule has 0 radical (unpaired) electrons. The van der Waals surface area contributed by atoms with Crippen LogP contribution in [-0.4, -0.2) is 49.4 Å². The first-order valence-corrected chi connectivity index (χ1v) is 9.21. The van der Waals surface area contributed by atoms with Crippen LogP contribution >= 0.6 is 0 Å². The number of hydrogen-bond acceptors (Lipinski definition) is 8. The standard InChI is InChI=1S/C11H13NO4.C11H11NO4/c2*1-7(14)12-10-5-8(6-13)3-4-9(10)11(15)16-2/h3-5,13H,6H2,1-2H3,(H,12,14);3-6H,1-2H3,(H,12,14). The molecule has 0 aliphatic carbocycles. The Morgan fingerprint density at radius 2 is 1.31 bits per heavy atom. The van der Waals surface area contributed by atoms with Gasteiger partial charge >= 0.3 is 11.9 Å². The van der Waals surface area contributed by atoms with E-state index in [2.05, 4.69) is 20.1 Å². The third-order valence-electron chi connectivity index (χ3n) is 3.88. The third kappa shape index (κ3) is 7.65. The summed E-state index contributed by atoms with van der Waals surface area (Å²) in [5.41, 5.74) is 2.06. The fraction of sp³-hybridized carbons (Fsp3) is 0.227. The number of aliphatic hydroxyl groups excluding tert-OH is 1. The molecule has 10 nitrogen and oxygen atoms in total. The summed E-state index contributed by atoms with van der Waals surface area (Å²) < 4.78 is 9.13. The first-order chi connectivity index (χ1) is 15.2. The molecule has 0 fully saturated rings. The number of carbonyl (C=O) groups excluding carboxylic acids is 5. The number of esters is 2. The normalized spacial score (nSPS) is 9.53. The summed E-state index contributed by atoms with van der Waals surface area (Å²) in [6, 6.07) is 8.96. The summed E-state index contributed by atoms with van der Waals surface area (Å²) >= 11 is 0. The van der Waals surface area contributed by atoms with Gasteiger partial charge in [-0.15, -0.1) is 0 Å². The Morgan fingerprint density at radius 1 is 0.844 bits per heavy atom. The maximum Gasteiger partial charge on any atom is 0.339 e. The van der Waals surface area contributed by atoms with Crippen molar-refractivity contribution in [1.29, 1.82) is 0 Å². The van der Waals surface area contributed by atoms with E-state index in [0.29, 0.717) is 23.1 Å². The van der Waals surface area contributed by atoms with Gasteiger partial charge in [0.1, 0.15) is 6.29 Å². The molecule has 0 heterocycles. The average Bonchev–Trinajstić information content (AvgIpc) is 2.77. The van der Waals surface area contributed by atoms with Crippen molar-refractivity contribution in [2.24, 2.45) is 0 Å². The molecule has 0 saturated carbocycles. The number of rotatable bonds is 6. The molecule has 2 aromatic carbocycles. The van der Waals surface area contributed by atoms with Gasteiger partial charge in [-0.3, -0.25) is 14.4 Å². The molecule has 0 bridgehead atoms. The minimum atomic E-state index is -0.568. The Bertz CT molecular complexity index is 1020. The fourth-order valence-corrected chi connectivity index (χ4v) is 2.49. The zero-order valence-electron chi connectivity index (χ0n) is 18.1. The Morgan fingerprint density at radius 3 is 1.72 bits per heavy atom. The first kappa shape index (κ1) is 26.0. The van der Waals surface area contributed by atoms with Gasteiger partial charge in [0.25, 0.3) is 0 Å². The Hall–Kier alpha value is -4.05. The topological polar surface area (TPSA) is 148 Å². The molecule has 2 aromatic rings. The van der Waals surface area contributed by atoms with E-state index in [9.17, 15) is 24.0 Å². The van der Waals surface area contributed by atoms with Crippen LogP contribution in [0.1, 0.15) is 50.5 Å². The van der Waals surface area contributed by atoms with E-state index in [-0.39, 0.29) is 35.2 Å². The number of amides is 2. The molecule has 2 rings (SSSR count). The van der Waals surface area contributed by atoms with Gasteiger partial charge in [-0.1, -0.05) is 12.1 Å². The molecule has 10 heteroatoms. The predicted molar refractivity (Wildman–Crippen MR) is 115 cm³/mol. The van der Waals surface area contributed by atoms with Gasteiger partial charge in [-0.25, -0.2) is 9.59 Å². The highest BCUT2D eigenvalue weighted by Gasteiger charge is 2.14. The molecule has 32 heavy (non-hydrogen) atoms. The average molecular weight is 444 g/mol. The predicted octanol–water partition coefficient (Wildman–Crippen LogP) is 2.17. The van der Waals surface area contributed by atoms with E-state index < -0.39 is 11.9 Å². The van der Waals surface area contributed by atoms with Crippen LogP contribution in [-0.2, 0) is 25.7 Å². The van der Waals surface area contributed by atoms with Crippen LogP contribution in [0.4, 0.5) is 11.4 Å². The third-order valence-corrected chi connectivity index (χ3v) is 3.88. The van der Waals surface area contributed by atoms with Gasteiger partial charge < -0.3 is 25.2 Å². The molecule has 0 aliphatic heterocycles. The lowest BCUT2D eigenvalue weighted by atomic mass is 10.1.